The molecule has 0 spiro atoms. The summed E-state index contributed by atoms with van der Waals surface area (Å²) in [6, 6.07) is 9.80. The molecule has 1 N–H and O–H groups in total. The van der Waals surface area contributed by atoms with Crippen LogP contribution in [-0.2, 0) is 0 Å². The fourth-order valence-electron chi connectivity index (χ4n) is 1.46. The second kappa shape index (κ2) is 5.72. The molecular weight excluding hydrogens is 244 g/mol. The third-order valence-electron chi connectivity index (χ3n) is 2.53. The molecule has 1 heterocycles. The molecular formula is C13H12N4O2. The summed E-state index contributed by atoms with van der Waals surface area (Å²) in [7, 11) is 0. The van der Waals surface area contributed by atoms with E-state index in [2.05, 4.69) is 15.5 Å². The molecule has 96 valence electrons. The molecule has 0 fully saturated rings. The van der Waals surface area contributed by atoms with Gasteiger partial charge < -0.3 is 0 Å². The van der Waals surface area contributed by atoms with E-state index in [1.54, 1.807) is 24.5 Å². The molecule has 0 atom stereocenters. The number of hydrogen-bond acceptors (Lipinski definition) is 5. The smallest absolute Gasteiger partial charge is 0.269 e. The zero-order valence-electron chi connectivity index (χ0n) is 10.3. The van der Waals surface area contributed by atoms with Crippen molar-refractivity contribution in [2.45, 2.75) is 6.92 Å². The number of nitrogens with zero attached hydrogens (tertiary/aromatic N) is 3. The van der Waals surface area contributed by atoms with Gasteiger partial charge in [-0.2, -0.15) is 5.10 Å². The molecule has 0 radical (unpaired) electrons. The molecule has 0 aliphatic heterocycles. The lowest BCUT2D eigenvalue weighted by Gasteiger charge is -2.03. The highest BCUT2D eigenvalue weighted by Crippen LogP contribution is 2.15. The van der Waals surface area contributed by atoms with Crippen molar-refractivity contribution in [1.82, 2.24) is 4.98 Å². The molecule has 0 saturated heterocycles. The van der Waals surface area contributed by atoms with Crippen LogP contribution in [0.15, 0.2) is 53.9 Å². The number of pyridine rings is 1. The van der Waals surface area contributed by atoms with Gasteiger partial charge in [-0.15, -0.1) is 0 Å². The summed E-state index contributed by atoms with van der Waals surface area (Å²) in [5.41, 5.74) is 5.37. The van der Waals surface area contributed by atoms with E-state index >= 15 is 0 Å². The largest absolute Gasteiger partial charge is 0.278 e. The molecule has 2 aromatic rings. The molecule has 0 amide bonds. The number of nitrogens with one attached hydrogen (secondary N) is 1. The van der Waals surface area contributed by atoms with E-state index in [4.69, 9.17) is 0 Å². The summed E-state index contributed by atoms with van der Waals surface area (Å²) in [4.78, 5) is 14.0. The van der Waals surface area contributed by atoms with E-state index in [9.17, 15) is 10.1 Å². The topological polar surface area (TPSA) is 80.4 Å². The predicted octanol–water partition coefficient (Wildman–Crippen LogP) is 2.83. The molecule has 0 aliphatic carbocycles. The van der Waals surface area contributed by atoms with Gasteiger partial charge in [0.15, 0.2) is 0 Å². The van der Waals surface area contributed by atoms with E-state index in [1.165, 1.54) is 12.1 Å². The SMILES string of the molecule is C/C(=N/Nc1ccc([N+](=O)[O-])cc1)c1ccncc1. The minimum absolute atomic E-state index is 0.0559. The molecule has 6 heteroatoms. The van der Waals surface area contributed by atoms with Crippen LogP contribution in [0.4, 0.5) is 11.4 Å². The Labute approximate surface area is 110 Å². The van der Waals surface area contributed by atoms with Gasteiger partial charge in [-0.1, -0.05) is 0 Å². The van der Waals surface area contributed by atoms with Gasteiger partial charge in [0.25, 0.3) is 5.69 Å². The van der Waals surface area contributed by atoms with Crippen LogP contribution >= 0.6 is 0 Å². The lowest BCUT2D eigenvalue weighted by Crippen LogP contribution is -1.99. The monoisotopic (exact) mass is 256 g/mol. The highest BCUT2D eigenvalue weighted by Gasteiger charge is 2.03. The Balaban J connectivity index is 2.08. The number of aromatic nitrogens is 1. The highest BCUT2D eigenvalue weighted by atomic mass is 16.6. The number of hydrazone groups is 1. The number of benzene rings is 1. The van der Waals surface area contributed by atoms with Gasteiger partial charge in [0.1, 0.15) is 0 Å². The van der Waals surface area contributed by atoms with Crippen LogP contribution in [0.5, 0.6) is 0 Å². The van der Waals surface area contributed by atoms with Crippen molar-refractivity contribution < 1.29 is 4.92 Å². The van der Waals surface area contributed by atoms with Gasteiger partial charge in [-0.3, -0.25) is 20.5 Å². The van der Waals surface area contributed by atoms with E-state index in [1.807, 2.05) is 19.1 Å². The minimum Gasteiger partial charge on any atom is -0.278 e. The van der Waals surface area contributed by atoms with E-state index < -0.39 is 4.92 Å². The van der Waals surface area contributed by atoms with Crippen molar-refractivity contribution in [3.63, 3.8) is 0 Å². The number of non-ortho nitro benzene ring substituents is 1. The maximum atomic E-state index is 10.5. The lowest BCUT2D eigenvalue weighted by molar-refractivity contribution is -0.384. The lowest BCUT2D eigenvalue weighted by atomic mass is 10.2. The highest BCUT2D eigenvalue weighted by molar-refractivity contribution is 5.98. The van der Waals surface area contributed by atoms with Crippen LogP contribution in [0.3, 0.4) is 0 Å². The van der Waals surface area contributed by atoms with Crippen LogP contribution in [0.25, 0.3) is 0 Å². The molecule has 19 heavy (non-hydrogen) atoms. The fourth-order valence-corrected chi connectivity index (χ4v) is 1.46. The first-order chi connectivity index (χ1) is 9.16. The van der Waals surface area contributed by atoms with Gasteiger partial charge in [-0.05, 0) is 31.2 Å². The Morgan fingerprint density at radius 3 is 2.42 bits per heavy atom. The van der Waals surface area contributed by atoms with Crippen LogP contribution in [0.2, 0.25) is 0 Å². The molecule has 6 nitrogen and oxygen atoms in total. The zero-order chi connectivity index (χ0) is 13.7. The summed E-state index contributed by atoms with van der Waals surface area (Å²) in [6.07, 6.45) is 3.39. The van der Waals surface area contributed by atoms with Crippen LogP contribution in [0.1, 0.15) is 12.5 Å². The molecule has 2 rings (SSSR count). The van der Waals surface area contributed by atoms with E-state index in [0.29, 0.717) is 5.69 Å². The van der Waals surface area contributed by atoms with Crippen molar-refractivity contribution in [1.29, 1.82) is 0 Å². The number of nitro benzene ring substituents is 1. The number of anilines is 1. The van der Waals surface area contributed by atoms with Crippen LogP contribution in [-0.4, -0.2) is 15.6 Å². The summed E-state index contributed by atoms with van der Waals surface area (Å²) in [5.74, 6) is 0. The van der Waals surface area contributed by atoms with Gasteiger partial charge >= 0.3 is 0 Å². The molecule has 1 aromatic carbocycles. The van der Waals surface area contributed by atoms with Gasteiger partial charge in [0.05, 0.1) is 16.3 Å². The number of nitro groups is 1. The number of hydrogen-bond donors (Lipinski definition) is 1. The van der Waals surface area contributed by atoms with Crippen molar-refractivity contribution in [3.8, 4) is 0 Å². The number of rotatable bonds is 4. The first-order valence-corrected chi connectivity index (χ1v) is 5.62. The summed E-state index contributed by atoms with van der Waals surface area (Å²) in [5, 5.41) is 14.7. The van der Waals surface area contributed by atoms with E-state index in [0.717, 1.165) is 11.3 Å². The van der Waals surface area contributed by atoms with E-state index in [-0.39, 0.29) is 5.69 Å². The molecule has 0 bridgehead atoms. The average Bonchev–Trinajstić information content (AvgIpc) is 2.46. The molecule has 0 saturated carbocycles. The van der Waals surface area contributed by atoms with Gasteiger partial charge in [0, 0.05) is 30.1 Å². The summed E-state index contributed by atoms with van der Waals surface area (Å²) in [6.45, 7) is 1.87. The summed E-state index contributed by atoms with van der Waals surface area (Å²) >= 11 is 0. The average molecular weight is 256 g/mol. The maximum Gasteiger partial charge on any atom is 0.269 e. The first-order valence-electron chi connectivity index (χ1n) is 5.62. The van der Waals surface area contributed by atoms with Crippen LogP contribution in [0, 0.1) is 10.1 Å². The minimum atomic E-state index is -0.435. The Bertz CT molecular complexity index is 594. The van der Waals surface area contributed by atoms with Gasteiger partial charge in [-0.25, -0.2) is 0 Å². The predicted molar refractivity (Wildman–Crippen MR) is 73.2 cm³/mol. The molecule has 0 unspecified atom stereocenters. The standard InChI is InChI=1S/C13H12N4O2/c1-10(11-6-8-14-9-7-11)15-16-12-2-4-13(5-3-12)17(18)19/h2-9,16H,1H3/b15-10-. The summed E-state index contributed by atoms with van der Waals surface area (Å²) < 4.78 is 0. The normalized spacial score (nSPS) is 11.1. The zero-order valence-corrected chi connectivity index (χ0v) is 10.3. The second-order valence-corrected chi connectivity index (χ2v) is 3.85. The van der Waals surface area contributed by atoms with Crippen LogP contribution < -0.4 is 5.43 Å². The quantitative estimate of drug-likeness (QED) is 0.518. The van der Waals surface area contributed by atoms with Crippen molar-refractivity contribution >= 4 is 17.1 Å². The fraction of sp³-hybridized carbons (Fsp3) is 0.0769. The third-order valence-corrected chi connectivity index (χ3v) is 2.53. The van der Waals surface area contributed by atoms with Crippen molar-refractivity contribution in [2.75, 3.05) is 5.43 Å². The van der Waals surface area contributed by atoms with Crippen molar-refractivity contribution in [3.05, 3.63) is 64.5 Å². The van der Waals surface area contributed by atoms with Crippen molar-refractivity contribution in [2.24, 2.45) is 5.10 Å². The molecule has 1 aromatic heterocycles. The maximum absolute atomic E-state index is 10.5. The Morgan fingerprint density at radius 1 is 1.21 bits per heavy atom. The third kappa shape index (κ3) is 3.35. The Morgan fingerprint density at radius 2 is 1.84 bits per heavy atom. The Hall–Kier alpha value is -2.76. The van der Waals surface area contributed by atoms with Gasteiger partial charge in [0.2, 0.25) is 0 Å². The second-order valence-electron chi connectivity index (χ2n) is 3.85. The molecule has 0 aliphatic rings. The first kappa shape index (κ1) is 12.7. The Kier molecular flexibility index (Phi) is 3.82.